The molecule has 0 aliphatic carbocycles. The highest BCUT2D eigenvalue weighted by Gasteiger charge is 2.21. The maximum absolute atomic E-state index is 12.8. The van der Waals surface area contributed by atoms with Crippen LogP contribution in [0.2, 0.25) is 5.02 Å². The summed E-state index contributed by atoms with van der Waals surface area (Å²) in [5.41, 5.74) is 6.71. The number of rotatable bonds is 6. The van der Waals surface area contributed by atoms with E-state index in [0.29, 0.717) is 22.9 Å². The summed E-state index contributed by atoms with van der Waals surface area (Å²) in [6, 6.07) is 14.7. The molecule has 0 heterocycles. The summed E-state index contributed by atoms with van der Waals surface area (Å²) in [4.78, 5) is 12.8. The van der Waals surface area contributed by atoms with Crippen LogP contribution in [0.5, 0.6) is 11.5 Å². The van der Waals surface area contributed by atoms with E-state index >= 15 is 0 Å². The lowest BCUT2D eigenvalue weighted by atomic mass is 9.90. The van der Waals surface area contributed by atoms with Crippen molar-refractivity contribution in [3.63, 3.8) is 0 Å². The van der Waals surface area contributed by atoms with Crippen LogP contribution in [0.15, 0.2) is 48.5 Å². The SMILES string of the molecule is CCCOc1ccc(C)c(C)c1-c1c(OC(=O)c2cccc(Cl)c2)ccc(C)c1C. The maximum atomic E-state index is 12.8. The second kappa shape index (κ2) is 9.36. The highest BCUT2D eigenvalue weighted by molar-refractivity contribution is 6.30. The lowest BCUT2D eigenvalue weighted by molar-refractivity contribution is 0.0735. The lowest BCUT2D eigenvalue weighted by Gasteiger charge is -2.21. The van der Waals surface area contributed by atoms with Gasteiger partial charge in [-0.25, -0.2) is 4.79 Å². The fourth-order valence-electron chi connectivity index (χ4n) is 3.39. The summed E-state index contributed by atoms with van der Waals surface area (Å²) in [5.74, 6) is 0.871. The Bertz CT molecular complexity index is 1090. The minimum Gasteiger partial charge on any atom is -0.493 e. The van der Waals surface area contributed by atoms with Gasteiger partial charge in [0.15, 0.2) is 0 Å². The smallest absolute Gasteiger partial charge is 0.343 e. The van der Waals surface area contributed by atoms with Gasteiger partial charge in [-0.05, 0) is 86.7 Å². The first-order chi connectivity index (χ1) is 14.3. The standard InChI is InChI=1S/C26H27ClO3/c1-6-14-29-22-12-10-16(2)18(4)24(22)25-19(5)17(3)11-13-23(25)30-26(28)20-8-7-9-21(27)15-20/h7-13,15H,6,14H2,1-5H3. The molecule has 0 saturated carbocycles. The van der Waals surface area contributed by atoms with Crippen LogP contribution in [0.1, 0.15) is 46.0 Å². The number of esters is 1. The predicted octanol–water partition coefficient (Wildman–Crippen LogP) is 7.25. The molecular formula is C26H27ClO3. The zero-order valence-corrected chi connectivity index (χ0v) is 18.9. The Kier molecular flexibility index (Phi) is 6.84. The molecule has 3 nitrogen and oxygen atoms in total. The van der Waals surface area contributed by atoms with Gasteiger partial charge >= 0.3 is 5.97 Å². The average Bonchev–Trinajstić information content (AvgIpc) is 2.72. The Morgan fingerprint density at radius 3 is 2.07 bits per heavy atom. The van der Waals surface area contributed by atoms with Crippen molar-refractivity contribution in [1.29, 1.82) is 0 Å². The number of carbonyl (C=O) groups is 1. The first-order valence-electron chi connectivity index (χ1n) is 10.1. The molecule has 3 aromatic rings. The summed E-state index contributed by atoms with van der Waals surface area (Å²) in [5, 5.41) is 0.495. The Hall–Kier alpha value is -2.78. The van der Waals surface area contributed by atoms with Gasteiger partial charge < -0.3 is 9.47 Å². The van der Waals surface area contributed by atoms with E-state index in [-0.39, 0.29) is 0 Å². The molecule has 3 aromatic carbocycles. The van der Waals surface area contributed by atoms with Crippen LogP contribution in [-0.4, -0.2) is 12.6 Å². The molecule has 0 unspecified atom stereocenters. The molecule has 0 N–H and O–H groups in total. The normalized spacial score (nSPS) is 10.7. The molecule has 4 heteroatoms. The number of hydrogen-bond acceptors (Lipinski definition) is 3. The van der Waals surface area contributed by atoms with Crippen molar-refractivity contribution in [3.05, 3.63) is 81.4 Å². The van der Waals surface area contributed by atoms with Crippen LogP contribution < -0.4 is 9.47 Å². The summed E-state index contributed by atoms with van der Waals surface area (Å²) < 4.78 is 12.0. The minimum absolute atomic E-state index is 0.412. The van der Waals surface area contributed by atoms with Gasteiger partial charge in [0.05, 0.1) is 12.2 Å². The van der Waals surface area contributed by atoms with Crippen molar-refractivity contribution < 1.29 is 14.3 Å². The zero-order valence-electron chi connectivity index (χ0n) is 18.1. The van der Waals surface area contributed by atoms with Crippen molar-refractivity contribution in [2.75, 3.05) is 6.61 Å². The van der Waals surface area contributed by atoms with Crippen LogP contribution in [0.3, 0.4) is 0 Å². The van der Waals surface area contributed by atoms with Crippen LogP contribution in [0.4, 0.5) is 0 Å². The van der Waals surface area contributed by atoms with E-state index in [4.69, 9.17) is 21.1 Å². The Morgan fingerprint density at radius 2 is 1.47 bits per heavy atom. The largest absolute Gasteiger partial charge is 0.493 e. The first kappa shape index (κ1) is 21.9. The van der Waals surface area contributed by atoms with Gasteiger partial charge in [-0.3, -0.25) is 0 Å². The number of hydrogen-bond donors (Lipinski definition) is 0. The van der Waals surface area contributed by atoms with Gasteiger partial charge in [0.2, 0.25) is 0 Å². The van der Waals surface area contributed by atoms with Crippen molar-refractivity contribution >= 4 is 17.6 Å². The predicted molar refractivity (Wildman–Crippen MR) is 123 cm³/mol. The van der Waals surface area contributed by atoms with E-state index in [1.165, 1.54) is 0 Å². The molecule has 0 atom stereocenters. The molecule has 0 aliphatic rings. The molecule has 3 rings (SSSR count). The summed E-state index contributed by atoms with van der Waals surface area (Å²) in [6.45, 7) is 11.0. The van der Waals surface area contributed by atoms with Crippen molar-refractivity contribution in [1.82, 2.24) is 0 Å². The number of aryl methyl sites for hydroxylation is 2. The van der Waals surface area contributed by atoms with Gasteiger partial charge in [0, 0.05) is 16.1 Å². The van der Waals surface area contributed by atoms with Crippen molar-refractivity contribution in [2.24, 2.45) is 0 Å². The number of halogens is 1. The second-order valence-corrected chi connectivity index (χ2v) is 7.95. The molecule has 0 bridgehead atoms. The molecule has 0 saturated heterocycles. The number of ether oxygens (including phenoxy) is 2. The highest BCUT2D eigenvalue weighted by atomic mass is 35.5. The van der Waals surface area contributed by atoms with Crippen LogP contribution in [-0.2, 0) is 0 Å². The number of benzene rings is 3. The van der Waals surface area contributed by atoms with Crippen LogP contribution in [0.25, 0.3) is 11.1 Å². The third kappa shape index (κ3) is 4.52. The van der Waals surface area contributed by atoms with Crippen LogP contribution in [0, 0.1) is 27.7 Å². The van der Waals surface area contributed by atoms with Crippen LogP contribution >= 0.6 is 11.6 Å². The van der Waals surface area contributed by atoms with Gasteiger partial charge in [0.25, 0.3) is 0 Å². The fraction of sp³-hybridized carbons (Fsp3) is 0.269. The summed E-state index contributed by atoms with van der Waals surface area (Å²) >= 11 is 6.05. The van der Waals surface area contributed by atoms with Crippen molar-refractivity contribution in [3.8, 4) is 22.6 Å². The van der Waals surface area contributed by atoms with Gasteiger partial charge in [-0.1, -0.05) is 36.7 Å². The van der Waals surface area contributed by atoms with E-state index in [9.17, 15) is 4.79 Å². The third-order valence-electron chi connectivity index (χ3n) is 5.37. The zero-order chi connectivity index (χ0) is 21.8. The molecular weight excluding hydrogens is 396 g/mol. The Labute approximate surface area is 183 Å². The topological polar surface area (TPSA) is 35.5 Å². The maximum Gasteiger partial charge on any atom is 0.343 e. The summed E-state index contributed by atoms with van der Waals surface area (Å²) in [7, 11) is 0. The molecule has 0 aromatic heterocycles. The molecule has 156 valence electrons. The van der Waals surface area contributed by atoms with E-state index in [1.807, 2.05) is 25.1 Å². The molecule has 0 radical (unpaired) electrons. The molecule has 0 fully saturated rings. The molecule has 0 amide bonds. The monoisotopic (exact) mass is 422 g/mol. The third-order valence-corrected chi connectivity index (χ3v) is 5.60. The van der Waals surface area contributed by atoms with E-state index in [0.717, 1.165) is 45.6 Å². The van der Waals surface area contributed by atoms with Crippen molar-refractivity contribution in [2.45, 2.75) is 41.0 Å². The minimum atomic E-state index is -0.441. The Balaban J connectivity index is 2.15. The molecule has 0 aliphatic heterocycles. The average molecular weight is 423 g/mol. The van der Waals surface area contributed by atoms with Gasteiger partial charge in [0.1, 0.15) is 11.5 Å². The Morgan fingerprint density at radius 1 is 0.867 bits per heavy atom. The number of carbonyl (C=O) groups excluding carboxylic acids is 1. The lowest BCUT2D eigenvalue weighted by Crippen LogP contribution is -2.10. The van der Waals surface area contributed by atoms with E-state index in [2.05, 4.69) is 33.8 Å². The fourth-order valence-corrected chi connectivity index (χ4v) is 3.59. The molecule has 0 spiro atoms. The second-order valence-electron chi connectivity index (χ2n) is 7.51. The van der Waals surface area contributed by atoms with Gasteiger partial charge in [-0.2, -0.15) is 0 Å². The summed E-state index contributed by atoms with van der Waals surface area (Å²) in [6.07, 6.45) is 0.912. The quantitative estimate of drug-likeness (QED) is 0.310. The first-order valence-corrected chi connectivity index (χ1v) is 10.5. The molecule has 30 heavy (non-hydrogen) atoms. The van der Waals surface area contributed by atoms with E-state index < -0.39 is 5.97 Å². The van der Waals surface area contributed by atoms with E-state index in [1.54, 1.807) is 24.3 Å². The van der Waals surface area contributed by atoms with Gasteiger partial charge in [-0.15, -0.1) is 0 Å². The highest BCUT2D eigenvalue weighted by Crippen LogP contribution is 2.43.